The molecule has 0 saturated heterocycles. The fourth-order valence-corrected chi connectivity index (χ4v) is 6.32. The molecule has 0 aromatic carbocycles. The Balaban J connectivity index is 1.76. The van der Waals surface area contributed by atoms with Gasteiger partial charge in [0.15, 0.2) is 0 Å². The van der Waals surface area contributed by atoms with Gasteiger partial charge in [-0.05, 0) is 86.7 Å². The van der Waals surface area contributed by atoms with Crippen LogP contribution in [-0.4, -0.2) is 33.1 Å². The van der Waals surface area contributed by atoms with Crippen LogP contribution < -0.4 is 0 Å². The highest BCUT2D eigenvalue weighted by molar-refractivity contribution is 5.38. The van der Waals surface area contributed by atoms with Gasteiger partial charge in [-0.25, -0.2) is 0 Å². The summed E-state index contributed by atoms with van der Waals surface area (Å²) in [5.41, 5.74) is 2.93. The largest absolute Gasteiger partial charge is 0.393 e. The lowest BCUT2D eigenvalue weighted by Crippen LogP contribution is -2.35. The Morgan fingerprint density at radius 1 is 1.13 bits per heavy atom. The molecule has 0 aromatic heterocycles. The second kappa shape index (κ2) is 9.37. The van der Waals surface area contributed by atoms with Gasteiger partial charge in [0.2, 0.25) is 0 Å². The maximum absolute atomic E-state index is 10.3. The van der Waals surface area contributed by atoms with E-state index in [9.17, 15) is 15.3 Å². The zero-order valence-corrected chi connectivity index (χ0v) is 20.3. The van der Waals surface area contributed by atoms with Gasteiger partial charge in [0.1, 0.15) is 0 Å². The number of hydrogen-bond acceptors (Lipinski definition) is 3. The average Bonchev–Trinajstić information content (AvgIpc) is 3.04. The van der Waals surface area contributed by atoms with Crippen molar-refractivity contribution in [2.24, 2.45) is 29.1 Å². The minimum Gasteiger partial charge on any atom is -0.393 e. The van der Waals surface area contributed by atoms with Crippen molar-refractivity contribution < 1.29 is 15.3 Å². The number of fused-ring (bicyclic) bond motifs is 1. The first-order chi connectivity index (χ1) is 14.4. The Hall–Kier alpha value is -1.16. The van der Waals surface area contributed by atoms with Gasteiger partial charge in [-0.3, -0.25) is 0 Å². The highest BCUT2D eigenvalue weighted by Gasteiger charge is 2.50. The van der Waals surface area contributed by atoms with Crippen LogP contribution in [0.4, 0.5) is 0 Å². The Labute approximate surface area is 189 Å². The van der Waals surface area contributed by atoms with Crippen LogP contribution in [0.2, 0.25) is 0 Å². The maximum Gasteiger partial charge on any atom is 0.0811 e. The normalized spacial score (nSPS) is 39.3. The van der Waals surface area contributed by atoms with Crippen LogP contribution in [-0.2, 0) is 0 Å². The van der Waals surface area contributed by atoms with Gasteiger partial charge in [-0.1, -0.05) is 57.2 Å². The summed E-state index contributed by atoms with van der Waals surface area (Å²) in [6, 6.07) is 0. The molecule has 31 heavy (non-hydrogen) atoms. The van der Waals surface area contributed by atoms with Crippen molar-refractivity contribution in [1.29, 1.82) is 0 Å². The standard InChI is InChI=1S/C28H44O3/c1-18(9-10-19(2)27(4,5)31)24-13-14-25-21(8-7-15-28(24,25)6)11-12-22-16-23(29)17-26(30)20(22)3/h9-12,18-19,23-26,29-31H,3,7-8,13-17H2,1-2,4-6H3/b10-9+,21-11+,22-12-/t18-,19-,23-,24-,25+,26+,28-/m1/s1. The first-order valence-corrected chi connectivity index (χ1v) is 12.3. The van der Waals surface area contributed by atoms with Crippen molar-refractivity contribution in [3.05, 3.63) is 47.6 Å². The van der Waals surface area contributed by atoms with Crippen LogP contribution in [0.25, 0.3) is 0 Å². The summed E-state index contributed by atoms with van der Waals surface area (Å²) in [5.74, 6) is 1.91. The van der Waals surface area contributed by atoms with E-state index in [2.05, 4.69) is 51.7 Å². The Morgan fingerprint density at radius 3 is 2.52 bits per heavy atom. The van der Waals surface area contributed by atoms with E-state index < -0.39 is 17.8 Å². The molecular weight excluding hydrogens is 384 g/mol. The molecule has 174 valence electrons. The monoisotopic (exact) mass is 428 g/mol. The zero-order chi connectivity index (χ0) is 23.0. The summed E-state index contributed by atoms with van der Waals surface area (Å²) < 4.78 is 0. The highest BCUT2D eigenvalue weighted by atomic mass is 16.3. The van der Waals surface area contributed by atoms with Gasteiger partial charge in [0.05, 0.1) is 17.8 Å². The second-order valence-corrected chi connectivity index (χ2v) is 11.4. The van der Waals surface area contributed by atoms with E-state index in [1.807, 2.05) is 13.8 Å². The van der Waals surface area contributed by atoms with Crippen molar-refractivity contribution in [1.82, 2.24) is 0 Å². The predicted octanol–water partition coefficient (Wildman–Crippen LogP) is 5.73. The fraction of sp³-hybridized carbons (Fsp3) is 0.714. The molecule has 3 rings (SSSR count). The molecule has 0 aliphatic heterocycles. The topological polar surface area (TPSA) is 60.7 Å². The summed E-state index contributed by atoms with van der Waals surface area (Å²) in [7, 11) is 0. The van der Waals surface area contributed by atoms with Crippen molar-refractivity contribution in [3.8, 4) is 0 Å². The average molecular weight is 429 g/mol. The molecular formula is C28H44O3. The third-order valence-corrected chi connectivity index (χ3v) is 8.75. The van der Waals surface area contributed by atoms with E-state index >= 15 is 0 Å². The smallest absolute Gasteiger partial charge is 0.0811 e. The molecule has 3 fully saturated rings. The minimum absolute atomic E-state index is 0.141. The van der Waals surface area contributed by atoms with Crippen molar-refractivity contribution >= 4 is 0 Å². The fourth-order valence-electron chi connectivity index (χ4n) is 6.32. The van der Waals surface area contributed by atoms with Crippen LogP contribution in [0.5, 0.6) is 0 Å². The van der Waals surface area contributed by atoms with Crippen molar-refractivity contribution in [2.45, 2.75) is 97.4 Å². The lowest BCUT2D eigenvalue weighted by Gasteiger charge is -2.44. The van der Waals surface area contributed by atoms with E-state index in [4.69, 9.17) is 0 Å². The molecule has 3 aliphatic rings. The van der Waals surface area contributed by atoms with Crippen molar-refractivity contribution in [3.63, 3.8) is 0 Å². The summed E-state index contributed by atoms with van der Waals surface area (Å²) in [6.45, 7) is 14.7. The molecule has 3 aliphatic carbocycles. The van der Waals surface area contributed by atoms with E-state index in [1.54, 1.807) is 0 Å². The highest BCUT2D eigenvalue weighted by Crippen LogP contribution is 2.59. The number of rotatable bonds is 5. The molecule has 3 heteroatoms. The SMILES string of the molecule is C=C1/C(=C\C=C2/CCC[C@]3(C)[C@@H]([C@H](C)/C=C/[C@@H](C)C(C)(C)O)CC[C@@H]23)C[C@@H](O)C[C@@H]1O. The summed E-state index contributed by atoms with van der Waals surface area (Å²) >= 11 is 0. The minimum atomic E-state index is -0.684. The number of aliphatic hydroxyl groups is 3. The summed E-state index contributed by atoms with van der Waals surface area (Å²) in [5, 5.41) is 30.4. The van der Waals surface area contributed by atoms with Crippen LogP contribution in [0.3, 0.4) is 0 Å². The molecule has 0 spiro atoms. The zero-order valence-electron chi connectivity index (χ0n) is 20.3. The van der Waals surface area contributed by atoms with Gasteiger partial charge >= 0.3 is 0 Å². The molecule has 0 bridgehead atoms. The molecule has 3 N–H and O–H groups in total. The maximum atomic E-state index is 10.3. The molecule has 0 unspecified atom stereocenters. The molecule has 0 radical (unpaired) electrons. The lowest BCUT2D eigenvalue weighted by atomic mass is 9.61. The van der Waals surface area contributed by atoms with Crippen LogP contribution >= 0.6 is 0 Å². The van der Waals surface area contributed by atoms with E-state index in [0.717, 1.165) is 17.6 Å². The van der Waals surface area contributed by atoms with E-state index in [1.165, 1.54) is 31.3 Å². The number of hydrogen-bond donors (Lipinski definition) is 3. The van der Waals surface area contributed by atoms with Crippen LogP contribution in [0.1, 0.15) is 79.6 Å². The molecule has 3 saturated carbocycles. The molecule has 3 nitrogen and oxygen atoms in total. The quantitative estimate of drug-likeness (QED) is 0.490. The van der Waals surface area contributed by atoms with Gasteiger partial charge in [0, 0.05) is 12.3 Å². The lowest BCUT2D eigenvalue weighted by molar-refractivity contribution is 0.0436. The first kappa shape index (κ1) is 24.5. The Kier molecular flexibility index (Phi) is 7.40. The Bertz CT molecular complexity index is 753. The van der Waals surface area contributed by atoms with Crippen LogP contribution in [0, 0.1) is 29.1 Å². The molecule has 0 heterocycles. The van der Waals surface area contributed by atoms with Gasteiger partial charge in [0.25, 0.3) is 0 Å². The predicted molar refractivity (Wildman–Crippen MR) is 128 cm³/mol. The Morgan fingerprint density at radius 2 is 1.84 bits per heavy atom. The molecule has 7 atom stereocenters. The first-order valence-electron chi connectivity index (χ1n) is 12.3. The van der Waals surface area contributed by atoms with Crippen LogP contribution in [0.15, 0.2) is 47.6 Å². The van der Waals surface area contributed by atoms with E-state index in [-0.39, 0.29) is 5.92 Å². The van der Waals surface area contributed by atoms with Crippen molar-refractivity contribution in [2.75, 3.05) is 0 Å². The van der Waals surface area contributed by atoms with E-state index in [0.29, 0.717) is 36.0 Å². The third kappa shape index (κ3) is 5.26. The number of aliphatic hydroxyl groups excluding tert-OH is 2. The van der Waals surface area contributed by atoms with Gasteiger partial charge < -0.3 is 15.3 Å². The summed E-state index contributed by atoms with van der Waals surface area (Å²) in [4.78, 5) is 0. The van der Waals surface area contributed by atoms with Gasteiger partial charge in [-0.2, -0.15) is 0 Å². The summed E-state index contributed by atoms with van der Waals surface area (Å²) in [6.07, 6.45) is 15.0. The third-order valence-electron chi connectivity index (χ3n) is 8.75. The molecule has 0 amide bonds. The van der Waals surface area contributed by atoms with Gasteiger partial charge in [-0.15, -0.1) is 0 Å². The second-order valence-electron chi connectivity index (χ2n) is 11.4. The number of allylic oxidation sites excluding steroid dienone is 4. The molecule has 0 aromatic rings.